The standard InChI is InChI=1S/C19H32N4O/c1-18(2,3)16-20-11-8-15(21-16)23-12-9-14(10-13-23)22(7)17(24)19(4,5)6/h8,11,14H,9-10,12-13H2,1-7H3. The lowest BCUT2D eigenvalue weighted by molar-refractivity contribution is -0.140. The fourth-order valence-electron chi connectivity index (χ4n) is 3.06. The summed E-state index contributed by atoms with van der Waals surface area (Å²) >= 11 is 0. The van der Waals surface area contributed by atoms with E-state index in [0.717, 1.165) is 37.6 Å². The highest BCUT2D eigenvalue weighted by atomic mass is 16.2. The molecule has 0 radical (unpaired) electrons. The lowest BCUT2D eigenvalue weighted by Crippen LogP contribution is -2.48. The van der Waals surface area contributed by atoms with Crippen LogP contribution in [0.2, 0.25) is 0 Å². The molecule has 1 amide bonds. The zero-order chi connectivity index (χ0) is 18.1. The molecular formula is C19H32N4O. The summed E-state index contributed by atoms with van der Waals surface area (Å²) < 4.78 is 0. The normalized spacial score (nSPS) is 17.0. The Balaban J connectivity index is 2.02. The Morgan fingerprint density at radius 3 is 2.25 bits per heavy atom. The van der Waals surface area contributed by atoms with Gasteiger partial charge in [0.15, 0.2) is 0 Å². The van der Waals surface area contributed by atoms with Gasteiger partial charge in [0.25, 0.3) is 0 Å². The Morgan fingerprint density at radius 2 is 1.75 bits per heavy atom. The van der Waals surface area contributed by atoms with Gasteiger partial charge in [0.05, 0.1) is 0 Å². The summed E-state index contributed by atoms with van der Waals surface area (Å²) in [6.07, 6.45) is 3.81. The molecule has 5 nitrogen and oxygen atoms in total. The monoisotopic (exact) mass is 332 g/mol. The molecule has 0 atom stereocenters. The third kappa shape index (κ3) is 4.25. The van der Waals surface area contributed by atoms with E-state index in [1.165, 1.54) is 0 Å². The molecule has 0 saturated carbocycles. The van der Waals surface area contributed by atoms with Crippen LogP contribution >= 0.6 is 0 Å². The van der Waals surface area contributed by atoms with Crippen molar-refractivity contribution in [2.24, 2.45) is 5.41 Å². The van der Waals surface area contributed by atoms with E-state index in [0.29, 0.717) is 6.04 Å². The van der Waals surface area contributed by atoms with Crippen molar-refractivity contribution in [1.29, 1.82) is 0 Å². The van der Waals surface area contributed by atoms with Crippen molar-refractivity contribution >= 4 is 11.7 Å². The lowest BCUT2D eigenvalue weighted by atomic mass is 9.92. The second-order valence-electron chi connectivity index (χ2n) is 8.87. The predicted molar refractivity (Wildman–Crippen MR) is 98.2 cm³/mol. The summed E-state index contributed by atoms with van der Waals surface area (Å²) in [5.74, 6) is 2.10. The van der Waals surface area contributed by atoms with Crippen LogP contribution in [-0.2, 0) is 10.2 Å². The quantitative estimate of drug-likeness (QED) is 0.834. The zero-order valence-electron chi connectivity index (χ0n) is 16.3. The molecule has 1 fully saturated rings. The van der Waals surface area contributed by atoms with Crippen LogP contribution in [0, 0.1) is 5.41 Å². The highest BCUT2D eigenvalue weighted by Crippen LogP contribution is 2.26. The van der Waals surface area contributed by atoms with Crippen LogP contribution in [0.25, 0.3) is 0 Å². The van der Waals surface area contributed by atoms with E-state index in [1.54, 1.807) is 0 Å². The van der Waals surface area contributed by atoms with Crippen molar-refractivity contribution in [2.45, 2.75) is 65.8 Å². The lowest BCUT2D eigenvalue weighted by Gasteiger charge is -2.39. The fraction of sp³-hybridized carbons (Fsp3) is 0.737. The van der Waals surface area contributed by atoms with Crippen LogP contribution in [0.5, 0.6) is 0 Å². The third-order valence-electron chi connectivity index (χ3n) is 4.61. The summed E-state index contributed by atoms with van der Waals surface area (Å²) in [5.41, 5.74) is -0.367. The number of carbonyl (C=O) groups excluding carboxylic acids is 1. The minimum atomic E-state index is -0.319. The Morgan fingerprint density at radius 1 is 1.17 bits per heavy atom. The molecule has 0 N–H and O–H groups in total. The molecular weight excluding hydrogens is 300 g/mol. The van der Waals surface area contributed by atoms with Gasteiger partial charge in [-0.2, -0.15) is 0 Å². The van der Waals surface area contributed by atoms with Gasteiger partial charge in [-0.25, -0.2) is 9.97 Å². The topological polar surface area (TPSA) is 49.3 Å². The second-order valence-corrected chi connectivity index (χ2v) is 8.87. The molecule has 5 heteroatoms. The zero-order valence-corrected chi connectivity index (χ0v) is 16.3. The van der Waals surface area contributed by atoms with Gasteiger partial charge in [-0.05, 0) is 18.9 Å². The highest BCUT2D eigenvalue weighted by Gasteiger charge is 2.31. The molecule has 0 bridgehead atoms. The first-order valence-corrected chi connectivity index (χ1v) is 8.86. The highest BCUT2D eigenvalue weighted by molar-refractivity contribution is 5.81. The number of aromatic nitrogens is 2. The molecule has 1 aliphatic heterocycles. The van der Waals surface area contributed by atoms with Crippen molar-refractivity contribution in [2.75, 3.05) is 25.0 Å². The molecule has 0 spiro atoms. The van der Waals surface area contributed by atoms with Crippen LogP contribution in [0.3, 0.4) is 0 Å². The van der Waals surface area contributed by atoms with Crippen LogP contribution in [0.1, 0.15) is 60.2 Å². The van der Waals surface area contributed by atoms with Gasteiger partial charge >= 0.3 is 0 Å². The van der Waals surface area contributed by atoms with E-state index in [9.17, 15) is 4.79 Å². The number of carbonyl (C=O) groups is 1. The molecule has 0 aromatic carbocycles. The SMILES string of the molecule is CN(C(=O)C(C)(C)C)C1CCN(c2ccnc(C(C)(C)C)n2)CC1. The average Bonchev–Trinajstić information content (AvgIpc) is 2.52. The van der Waals surface area contributed by atoms with Gasteiger partial charge < -0.3 is 9.80 Å². The largest absolute Gasteiger partial charge is 0.356 e. The van der Waals surface area contributed by atoms with E-state index in [4.69, 9.17) is 4.98 Å². The Labute approximate surface area is 146 Å². The number of amides is 1. The smallest absolute Gasteiger partial charge is 0.227 e. The Hall–Kier alpha value is -1.65. The molecule has 1 saturated heterocycles. The summed E-state index contributed by atoms with van der Waals surface area (Å²) in [6, 6.07) is 2.30. The summed E-state index contributed by atoms with van der Waals surface area (Å²) in [4.78, 5) is 25.9. The molecule has 2 heterocycles. The number of piperidine rings is 1. The van der Waals surface area contributed by atoms with Crippen molar-refractivity contribution < 1.29 is 4.79 Å². The van der Waals surface area contributed by atoms with Crippen molar-refractivity contribution in [3.8, 4) is 0 Å². The van der Waals surface area contributed by atoms with Gasteiger partial charge in [0, 0.05) is 43.2 Å². The number of anilines is 1. The van der Waals surface area contributed by atoms with Gasteiger partial charge in [-0.15, -0.1) is 0 Å². The number of rotatable bonds is 2. The van der Waals surface area contributed by atoms with Crippen LogP contribution < -0.4 is 4.90 Å². The first-order chi connectivity index (χ1) is 11.0. The molecule has 1 aromatic heterocycles. The average molecular weight is 332 g/mol. The minimum absolute atomic E-state index is 0.0479. The number of hydrogen-bond acceptors (Lipinski definition) is 4. The van der Waals surface area contributed by atoms with Crippen molar-refractivity contribution in [1.82, 2.24) is 14.9 Å². The van der Waals surface area contributed by atoms with E-state index < -0.39 is 0 Å². The molecule has 0 aliphatic carbocycles. The third-order valence-corrected chi connectivity index (χ3v) is 4.61. The van der Waals surface area contributed by atoms with E-state index >= 15 is 0 Å². The maximum atomic E-state index is 12.5. The van der Waals surface area contributed by atoms with Crippen LogP contribution in [-0.4, -0.2) is 47.0 Å². The summed E-state index contributed by atoms with van der Waals surface area (Å²) in [5, 5.41) is 0. The molecule has 24 heavy (non-hydrogen) atoms. The van der Waals surface area contributed by atoms with Gasteiger partial charge in [0.2, 0.25) is 5.91 Å². The van der Waals surface area contributed by atoms with Crippen LogP contribution in [0.4, 0.5) is 5.82 Å². The van der Waals surface area contributed by atoms with E-state index in [2.05, 4.69) is 30.7 Å². The van der Waals surface area contributed by atoms with Gasteiger partial charge in [-0.1, -0.05) is 41.5 Å². The molecule has 1 aliphatic rings. The molecule has 2 rings (SSSR count). The minimum Gasteiger partial charge on any atom is -0.356 e. The number of hydrogen-bond donors (Lipinski definition) is 0. The molecule has 0 unspecified atom stereocenters. The molecule has 134 valence electrons. The molecule has 1 aromatic rings. The summed E-state index contributed by atoms with van der Waals surface area (Å²) in [7, 11) is 1.94. The van der Waals surface area contributed by atoms with Gasteiger partial charge in [0.1, 0.15) is 11.6 Å². The first kappa shape index (κ1) is 18.7. The fourth-order valence-corrected chi connectivity index (χ4v) is 3.06. The number of nitrogens with zero attached hydrogens (tertiary/aromatic N) is 4. The predicted octanol–water partition coefficient (Wildman–Crippen LogP) is 3.25. The van der Waals surface area contributed by atoms with Crippen LogP contribution in [0.15, 0.2) is 12.3 Å². The maximum Gasteiger partial charge on any atom is 0.227 e. The van der Waals surface area contributed by atoms with E-state index in [1.807, 2.05) is 45.0 Å². The first-order valence-electron chi connectivity index (χ1n) is 8.86. The Bertz CT molecular complexity index is 578. The van der Waals surface area contributed by atoms with Crippen molar-refractivity contribution in [3.63, 3.8) is 0 Å². The maximum absolute atomic E-state index is 12.5. The van der Waals surface area contributed by atoms with E-state index in [-0.39, 0.29) is 16.7 Å². The second kappa shape index (κ2) is 6.69. The van der Waals surface area contributed by atoms with Crippen molar-refractivity contribution in [3.05, 3.63) is 18.1 Å². The summed E-state index contributed by atoms with van der Waals surface area (Å²) in [6.45, 7) is 14.2. The Kier molecular flexibility index (Phi) is 5.21. The van der Waals surface area contributed by atoms with Gasteiger partial charge in [-0.3, -0.25) is 4.79 Å².